The Bertz CT molecular complexity index is 1210. The van der Waals surface area contributed by atoms with Gasteiger partial charge >= 0.3 is 6.18 Å². The van der Waals surface area contributed by atoms with Crippen molar-refractivity contribution in [2.24, 2.45) is 0 Å². The van der Waals surface area contributed by atoms with Crippen LogP contribution in [0.15, 0.2) is 83.8 Å². The number of aryl methyl sites for hydroxylation is 1. The van der Waals surface area contributed by atoms with Crippen molar-refractivity contribution in [3.8, 4) is 5.75 Å². The molecule has 0 fully saturated rings. The van der Waals surface area contributed by atoms with Gasteiger partial charge in [-0.25, -0.2) is 8.42 Å². The third-order valence-electron chi connectivity index (χ3n) is 4.79. The number of ether oxygens (including phenoxy) is 1. The van der Waals surface area contributed by atoms with Crippen molar-refractivity contribution in [3.05, 3.63) is 90.0 Å². The fourth-order valence-corrected chi connectivity index (χ4v) is 4.47. The average molecular weight is 493 g/mol. The highest BCUT2D eigenvalue weighted by molar-refractivity contribution is 7.92. The fourth-order valence-electron chi connectivity index (χ4n) is 3.05. The third kappa shape index (κ3) is 6.50. The molecule has 0 heterocycles. The lowest BCUT2D eigenvalue weighted by molar-refractivity contribution is -0.137. The van der Waals surface area contributed by atoms with Gasteiger partial charge < -0.3 is 10.1 Å². The van der Waals surface area contributed by atoms with Crippen molar-refractivity contribution in [1.29, 1.82) is 0 Å². The number of hydrogen-bond acceptors (Lipinski definition) is 4. The molecule has 0 bridgehead atoms. The molecule has 10 heteroatoms. The number of sulfonamides is 1. The summed E-state index contributed by atoms with van der Waals surface area (Å²) < 4.78 is 72.5. The summed E-state index contributed by atoms with van der Waals surface area (Å²) in [6.07, 6.45) is -4.67. The molecule has 0 unspecified atom stereocenters. The molecule has 0 aliphatic carbocycles. The average Bonchev–Trinajstić information content (AvgIpc) is 2.81. The molecule has 1 amide bonds. The second-order valence-electron chi connectivity index (χ2n) is 7.38. The number of anilines is 1. The smallest absolute Gasteiger partial charge is 0.416 e. The highest BCUT2D eigenvalue weighted by Gasteiger charge is 2.33. The highest BCUT2D eigenvalue weighted by Crippen LogP contribution is 2.33. The Morgan fingerprint density at radius 3 is 2.29 bits per heavy atom. The summed E-state index contributed by atoms with van der Waals surface area (Å²) in [6, 6.07) is 18.6. The lowest BCUT2D eigenvalue weighted by Crippen LogP contribution is -2.42. The number of carbonyl (C=O) groups excluding carboxylic acids is 1. The van der Waals surface area contributed by atoms with E-state index in [0.29, 0.717) is 16.1 Å². The predicted octanol–water partition coefficient (Wildman–Crippen LogP) is 4.40. The van der Waals surface area contributed by atoms with Crippen LogP contribution in [-0.2, 0) is 21.0 Å². The quantitative estimate of drug-likeness (QED) is 0.449. The minimum Gasteiger partial charge on any atom is -0.492 e. The van der Waals surface area contributed by atoms with Crippen LogP contribution < -0.4 is 14.4 Å². The molecular weight excluding hydrogens is 469 g/mol. The van der Waals surface area contributed by atoms with Gasteiger partial charge in [0, 0.05) is 0 Å². The topological polar surface area (TPSA) is 75.7 Å². The summed E-state index contributed by atoms with van der Waals surface area (Å²) in [4.78, 5) is 12.4. The minimum absolute atomic E-state index is 0.0781. The number of benzene rings is 3. The van der Waals surface area contributed by atoms with E-state index < -0.39 is 34.2 Å². The second-order valence-corrected chi connectivity index (χ2v) is 9.25. The zero-order valence-corrected chi connectivity index (χ0v) is 19.1. The summed E-state index contributed by atoms with van der Waals surface area (Å²) in [6.45, 7) is 1.27. The van der Waals surface area contributed by atoms with Crippen molar-refractivity contribution in [2.75, 3.05) is 24.0 Å². The van der Waals surface area contributed by atoms with E-state index in [2.05, 4.69) is 5.32 Å². The van der Waals surface area contributed by atoms with Crippen molar-refractivity contribution < 1.29 is 31.1 Å². The monoisotopic (exact) mass is 492 g/mol. The SMILES string of the molecule is Cc1ccc(S(=O)(=O)N(CC(=O)NCCOc2ccccc2)c2cccc(C(F)(F)F)c2)cc1. The van der Waals surface area contributed by atoms with Crippen LogP contribution >= 0.6 is 0 Å². The van der Waals surface area contributed by atoms with Gasteiger partial charge in [-0.2, -0.15) is 13.2 Å². The molecule has 0 saturated heterocycles. The van der Waals surface area contributed by atoms with E-state index >= 15 is 0 Å². The Morgan fingerprint density at radius 1 is 0.971 bits per heavy atom. The Balaban J connectivity index is 1.80. The highest BCUT2D eigenvalue weighted by atomic mass is 32.2. The summed E-state index contributed by atoms with van der Waals surface area (Å²) in [5.74, 6) is -0.0888. The first-order chi connectivity index (χ1) is 16.1. The molecule has 0 saturated carbocycles. The van der Waals surface area contributed by atoms with E-state index in [1.54, 1.807) is 43.3 Å². The first-order valence-corrected chi connectivity index (χ1v) is 11.7. The number of nitrogens with zero attached hydrogens (tertiary/aromatic N) is 1. The lowest BCUT2D eigenvalue weighted by Gasteiger charge is -2.25. The van der Waals surface area contributed by atoms with Gasteiger partial charge in [0.15, 0.2) is 0 Å². The minimum atomic E-state index is -4.67. The molecule has 3 aromatic rings. The van der Waals surface area contributed by atoms with Crippen LogP contribution in [0.3, 0.4) is 0 Å². The largest absolute Gasteiger partial charge is 0.492 e. The molecule has 1 N–H and O–H groups in total. The van der Waals surface area contributed by atoms with Gasteiger partial charge in [-0.15, -0.1) is 0 Å². The number of para-hydroxylation sites is 1. The van der Waals surface area contributed by atoms with Crippen LogP contribution in [0.4, 0.5) is 18.9 Å². The molecule has 3 aromatic carbocycles. The van der Waals surface area contributed by atoms with E-state index in [1.807, 2.05) is 6.07 Å². The number of amides is 1. The predicted molar refractivity (Wildman–Crippen MR) is 122 cm³/mol. The maximum Gasteiger partial charge on any atom is 0.416 e. The number of halogens is 3. The van der Waals surface area contributed by atoms with Crippen LogP contribution in [0, 0.1) is 6.92 Å². The van der Waals surface area contributed by atoms with Crippen molar-refractivity contribution in [1.82, 2.24) is 5.32 Å². The van der Waals surface area contributed by atoms with Gasteiger partial charge in [0.05, 0.1) is 22.7 Å². The maximum absolute atomic E-state index is 13.3. The molecule has 0 aliphatic rings. The first-order valence-electron chi connectivity index (χ1n) is 10.3. The van der Waals surface area contributed by atoms with E-state index in [9.17, 15) is 26.4 Å². The Hall–Kier alpha value is -3.53. The Morgan fingerprint density at radius 2 is 1.65 bits per heavy atom. The van der Waals surface area contributed by atoms with Crippen LogP contribution in [0.25, 0.3) is 0 Å². The molecule has 0 spiro atoms. The summed E-state index contributed by atoms with van der Waals surface area (Å²) >= 11 is 0. The number of nitrogens with one attached hydrogen (secondary N) is 1. The zero-order valence-electron chi connectivity index (χ0n) is 18.2. The van der Waals surface area contributed by atoms with Gasteiger partial charge in [-0.3, -0.25) is 9.10 Å². The molecule has 0 aromatic heterocycles. The third-order valence-corrected chi connectivity index (χ3v) is 6.58. The van der Waals surface area contributed by atoms with Crippen LogP contribution in [0.1, 0.15) is 11.1 Å². The molecule has 0 aliphatic heterocycles. The van der Waals surface area contributed by atoms with Gasteiger partial charge in [0.2, 0.25) is 5.91 Å². The van der Waals surface area contributed by atoms with E-state index in [-0.39, 0.29) is 23.7 Å². The van der Waals surface area contributed by atoms with E-state index in [0.717, 1.165) is 17.7 Å². The van der Waals surface area contributed by atoms with Crippen molar-refractivity contribution in [3.63, 3.8) is 0 Å². The molecule has 6 nitrogen and oxygen atoms in total. The summed E-state index contributed by atoms with van der Waals surface area (Å²) in [5.41, 5.74) is -0.488. The van der Waals surface area contributed by atoms with Gasteiger partial charge in [0.25, 0.3) is 10.0 Å². The second kappa shape index (κ2) is 10.6. The van der Waals surface area contributed by atoms with Gasteiger partial charge in [0.1, 0.15) is 18.9 Å². The van der Waals surface area contributed by atoms with Gasteiger partial charge in [-0.1, -0.05) is 42.0 Å². The number of hydrogen-bond donors (Lipinski definition) is 1. The summed E-state index contributed by atoms with van der Waals surface area (Å²) in [5, 5.41) is 2.54. The van der Waals surface area contributed by atoms with E-state index in [1.165, 1.54) is 18.2 Å². The number of rotatable bonds is 9. The lowest BCUT2D eigenvalue weighted by atomic mass is 10.2. The van der Waals surface area contributed by atoms with Gasteiger partial charge in [-0.05, 0) is 49.4 Å². The van der Waals surface area contributed by atoms with E-state index in [4.69, 9.17) is 4.74 Å². The Kier molecular flexibility index (Phi) is 7.83. The van der Waals surface area contributed by atoms with Crippen LogP contribution in [0.5, 0.6) is 5.75 Å². The standard InChI is InChI=1S/C24H23F3N2O4S/c1-18-10-12-22(13-11-18)34(31,32)29(20-7-5-6-19(16-20)24(25,26)27)17-23(30)28-14-15-33-21-8-3-2-4-9-21/h2-13,16H,14-15,17H2,1H3,(H,28,30). The maximum atomic E-state index is 13.3. The number of carbonyl (C=O) groups is 1. The molecule has 0 atom stereocenters. The van der Waals surface area contributed by atoms with Crippen molar-refractivity contribution in [2.45, 2.75) is 18.0 Å². The van der Waals surface area contributed by atoms with Crippen LogP contribution in [0.2, 0.25) is 0 Å². The molecular formula is C24H23F3N2O4S. The fraction of sp³-hybridized carbons (Fsp3) is 0.208. The normalized spacial score (nSPS) is 11.6. The molecule has 180 valence electrons. The zero-order chi connectivity index (χ0) is 24.8. The Labute approximate surface area is 196 Å². The van der Waals surface area contributed by atoms with Crippen LogP contribution in [-0.4, -0.2) is 34.0 Å². The molecule has 3 rings (SSSR count). The molecule has 0 radical (unpaired) electrons. The summed E-state index contributed by atoms with van der Waals surface area (Å²) in [7, 11) is -4.33. The molecule has 34 heavy (non-hydrogen) atoms. The number of alkyl halides is 3. The van der Waals surface area contributed by atoms with Crippen molar-refractivity contribution >= 4 is 21.6 Å². The first kappa shape index (κ1) is 25.1.